The van der Waals surface area contributed by atoms with Crippen LogP contribution in [0.5, 0.6) is 0 Å². The van der Waals surface area contributed by atoms with E-state index in [0.717, 1.165) is 17.4 Å². The number of rotatable bonds is 2. The zero-order valence-corrected chi connectivity index (χ0v) is 16.5. The number of alkyl halides is 1. The second kappa shape index (κ2) is 5.82. The van der Waals surface area contributed by atoms with E-state index in [-0.39, 0.29) is 11.5 Å². The number of carbonyl (C=O) groups excluding carboxylic acids is 1. The van der Waals surface area contributed by atoms with Crippen molar-refractivity contribution < 1.29 is 9.53 Å². The third-order valence-corrected chi connectivity index (χ3v) is 6.28. The first kappa shape index (κ1) is 17.4. The SMILES string of the molecule is CC(C)(C)OC(=O)N1C[C@@H]2C(CBr)C2(c2ccc(Cl)c(Cl)c2)C1. The van der Waals surface area contributed by atoms with Crippen LogP contribution < -0.4 is 0 Å². The summed E-state index contributed by atoms with van der Waals surface area (Å²) in [6.45, 7) is 7.05. The molecule has 3 atom stereocenters. The lowest BCUT2D eigenvalue weighted by Gasteiger charge is -2.27. The van der Waals surface area contributed by atoms with Crippen molar-refractivity contribution in [3.63, 3.8) is 0 Å². The van der Waals surface area contributed by atoms with Gasteiger partial charge in [-0.2, -0.15) is 0 Å². The van der Waals surface area contributed by atoms with Gasteiger partial charge in [0, 0.05) is 23.8 Å². The maximum absolute atomic E-state index is 12.4. The summed E-state index contributed by atoms with van der Waals surface area (Å²) in [5.74, 6) is 0.949. The number of likely N-dealkylation sites (tertiary alicyclic amines) is 1. The van der Waals surface area contributed by atoms with E-state index in [1.165, 1.54) is 0 Å². The molecule has 0 spiro atoms. The average molecular weight is 421 g/mol. The maximum atomic E-state index is 12.4. The summed E-state index contributed by atoms with van der Waals surface area (Å²) < 4.78 is 5.51. The molecule has 6 heteroatoms. The molecular formula is C17H20BrCl2NO2. The highest BCUT2D eigenvalue weighted by Gasteiger charge is 2.69. The molecule has 2 unspecified atom stereocenters. The molecular weight excluding hydrogens is 401 g/mol. The van der Waals surface area contributed by atoms with Crippen molar-refractivity contribution >= 4 is 45.2 Å². The highest BCUT2D eigenvalue weighted by atomic mass is 79.9. The number of hydrogen-bond acceptors (Lipinski definition) is 2. The van der Waals surface area contributed by atoms with Gasteiger partial charge < -0.3 is 9.64 Å². The Kier molecular flexibility index (Phi) is 4.40. The quantitative estimate of drug-likeness (QED) is 0.621. The van der Waals surface area contributed by atoms with Crippen molar-refractivity contribution in [1.29, 1.82) is 0 Å². The largest absolute Gasteiger partial charge is 0.444 e. The molecule has 1 aliphatic heterocycles. The summed E-state index contributed by atoms with van der Waals surface area (Å²) in [7, 11) is 0. The van der Waals surface area contributed by atoms with Crippen LogP contribution in [0.25, 0.3) is 0 Å². The van der Waals surface area contributed by atoms with Gasteiger partial charge in [-0.05, 0) is 50.3 Å². The Labute approximate surface area is 155 Å². The molecule has 0 bridgehead atoms. The third-order valence-electron chi connectivity index (χ3n) is 4.84. The summed E-state index contributed by atoms with van der Waals surface area (Å²) >= 11 is 15.9. The zero-order chi connectivity index (χ0) is 17.0. The predicted octanol–water partition coefficient (Wildman–Crippen LogP) is 5.12. The monoisotopic (exact) mass is 419 g/mol. The highest BCUT2D eigenvalue weighted by molar-refractivity contribution is 9.09. The number of benzene rings is 1. The number of piperidine rings is 1. The van der Waals surface area contributed by atoms with Crippen LogP contribution in [-0.4, -0.2) is 35.0 Å². The van der Waals surface area contributed by atoms with E-state index >= 15 is 0 Å². The molecule has 1 saturated heterocycles. The Morgan fingerprint density at radius 3 is 2.65 bits per heavy atom. The lowest BCUT2D eigenvalue weighted by atomic mass is 9.93. The van der Waals surface area contributed by atoms with Crippen LogP contribution >= 0.6 is 39.1 Å². The Bertz CT molecular complexity index is 646. The topological polar surface area (TPSA) is 29.5 Å². The van der Waals surface area contributed by atoms with E-state index in [1.807, 2.05) is 43.9 Å². The highest BCUT2D eigenvalue weighted by Crippen LogP contribution is 2.65. The van der Waals surface area contributed by atoms with Crippen molar-refractivity contribution in [2.24, 2.45) is 11.8 Å². The van der Waals surface area contributed by atoms with Gasteiger partial charge in [0.15, 0.2) is 0 Å². The number of amides is 1. The smallest absolute Gasteiger partial charge is 0.410 e. The number of carbonyl (C=O) groups is 1. The molecule has 1 heterocycles. The molecule has 2 fully saturated rings. The molecule has 1 aromatic rings. The predicted molar refractivity (Wildman–Crippen MR) is 96.7 cm³/mol. The minimum atomic E-state index is -0.477. The fourth-order valence-electron chi connectivity index (χ4n) is 3.76. The minimum absolute atomic E-state index is 0.0331. The van der Waals surface area contributed by atoms with E-state index in [9.17, 15) is 4.79 Å². The van der Waals surface area contributed by atoms with Crippen molar-refractivity contribution in [3.05, 3.63) is 33.8 Å². The first-order valence-corrected chi connectivity index (χ1v) is 9.56. The number of nitrogens with zero attached hydrogens (tertiary/aromatic N) is 1. The van der Waals surface area contributed by atoms with Gasteiger partial charge in [-0.15, -0.1) is 0 Å². The summed E-state index contributed by atoms with van der Waals surface area (Å²) in [6, 6.07) is 5.81. The van der Waals surface area contributed by atoms with Gasteiger partial charge >= 0.3 is 6.09 Å². The first-order chi connectivity index (χ1) is 10.7. The molecule has 23 heavy (non-hydrogen) atoms. The van der Waals surface area contributed by atoms with Gasteiger partial charge in [0.2, 0.25) is 0 Å². The second-order valence-corrected chi connectivity index (χ2v) is 8.86. The Morgan fingerprint density at radius 1 is 1.39 bits per heavy atom. The Balaban J connectivity index is 1.83. The van der Waals surface area contributed by atoms with Gasteiger partial charge in [-0.3, -0.25) is 0 Å². The fourth-order valence-corrected chi connectivity index (χ4v) is 5.09. The van der Waals surface area contributed by atoms with Crippen molar-refractivity contribution in [2.75, 3.05) is 18.4 Å². The molecule has 126 valence electrons. The summed E-state index contributed by atoms with van der Waals surface area (Å²) in [6.07, 6.45) is -0.238. The first-order valence-electron chi connectivity index (χ1n) is 7.68. The molecule has 3 nitrogen and oxygen atoms in total. The van der Waals surface area contributed by atoms with Gasteiger partial charge in [-0.25, -0.2) is 4.79 Å². The van der Waals surface area contributed by atoms with Crippen LogP contribution in [0.2, 0.25) is 10.0 Å². The number of ether oxygens (including phenoxy) is 1. The molecule has 1 amide bonds. The minimum Gasteiger partial charge on any atom is -0.444 e. The molecule has 3 rings (SSSR count). The normalized spacial score (nSPS) is 29.4. The lowest BCUT2D eigenvalue weighted by Crippen LogP contribution is -2.39. The molecule has 1 aliphatic carbocycles. The Morgan fingerprint density at radius 2 is 2.09 bits per heavy atom. The molecule has 1 saturated carbocycles. The lowest BCUT2D eigenvalue weighted by molar-refractivity contribution is 0.0263. The van der Waals surface area contributed by atoms with E-state index in [2.05, 4.69) is 15.9 Å². The number of halogens is 3. The molecule has 0 radical (unpaired) electrons. The standard InChI is InChI=1S/C17H20BrCl2NO2/c1-16(2,3)23-15(22)21-8-12-11(7-18)17(12,9-21)10-4-5-13(19)14(20)6-10/h4-6,11-12H,7-9H2,1-3H3/t11?,12-,17?/m1/s1. The molecule has 0 aromatic heterocycles. The van der Waals surface area contributed by atoms with Crippen molar-refractivity contribution in [1.82, 2.24) is 4.90 Å². The second-order valence-electron chi connectivity index (χ2n) is 7.40. The average Bonchev–Trinajstić information content (AvgIpc) is 2.87. The number of hydrogen-bond donors (Lipinski definition) is 0. The van der Waals surface area contributed by atoms with Crippen molar-refractivity contribution in [3.8, 4) is 0 Å². The van der Waals surface area contributed by atoms with E-state index in [0.29, 0.717) is 28.4 Å². The zero-order valence-electron chi connectivity index (χ0n) is 13.4. The molecule has 0 N–H and O–H groups in total. The van der Waals surface area contributed by atoms with Gasteiger partial charge in [0.25, 0.3) is 0 Å². The van der Waals surface area contributed by atoms with Crippen LogP contribution in [-0.2, 0) is 10.2 Å². The third kappa shape index (κ3) is 2.98. The van der Waals surface area contributed by atoms with E-state index in [1.54, 1.807) is 0 Å². The molecule has 2 aliphatic rings. The summed E-state index contributed by atoms with van der Waals surface area (Å²) in [5, 5.41) is 2.04. The van der Waals surface area contributed by atoms with Crippen LogP contribution in [0.3, 0.4) is 0 Å². The van der Waals surface area contributed by atoms with E-state index in [4.69, 9.17) is 27.9 Å². The van der Waals surface area contributed by atoms with Crippen LogP contribution in [0.1, 0.15) is 26.3 Å². The summed E-state index contributed by atoms with van der Waals surface area (Å²) in [5.41, 5.74) is 0.650. The van der Waals surface area contributed by atoms with Crippen molar-refractivity contribution in [2.45, 2.75) is 31.8 Å². The number of fused-ring (bicyclic) bond motifs is 1. The van der Waals surface area contributed by atoms with E-state index < -0.39 is 5.60 Å². The van der Waals surface area contributed by atoms with Gasteiger partial charge in [0.05, 0.1) is 10.0 Å². The maximum Gasteiger partial charge on any atom is 0.410 e. The van der Waals surface area contributed by atoms with Crippen LogP contribution in [0.15, 0.2) is 18.2 Å². The van der Waals surface area contributed by atoms with Crippen LogP contribution in [0.4, 0.5) is 4.79 Å². The van der Waals surface area contributed by atoms with Crippen LogP contribution in [0, 0.1) is 11.8 Å². The summed E-state index contributed by atoms with van der Waals surface area (Å²) in [4.78, 5) is 14.2. The van der Waals surface area contributed by atoms with Gasteiger partial charge in [-0.1, -0.05) is 45.2 Å². The molecule has 1 aromatic carbocycles. The fraction of sp³-hybridized carbons (Fsp3) is 0.588. The van der Waals surface area contributed by atoms with Gasteiger partial charge in [0.1, 0.15) is 5.60 Å². The Hall–Kier alpha value is -0.450.